The highest BCUT2D eigenvalue weighted by molar-refractivity contribution is 5.77. The van der Waals surface area contributed by atoms with Gasteiger partial charge < -0.3 is 15.7 Å². The van der Waals surface area contributed by atoms with Gasteiger partial charge in [-0.2, -0.15) is 0 Å². The second-order valence-corrected chi connectivity index (χ2v) is 5.29. The van der Waals surface area contributed by atoms with Crippen LogP contribution < -0.4 is 10.6 Å². The molecule has 0 spiro atoms. The fraction of sp³-hybridized carbons (Fsp3) is 0.857. The van der Waals surface area contributed by atoms with Gasteiger partial charge >= 0.3 is 5.97 Å². The number of carbonyl (C=O) groups is 2. The number of unbranched alkanes of at least 4 members (excludes halogenated alkanes) is 3. The Kier molecular flexibility index (Phi) is 8.98. The predicted octanol–water partition coefficient (Wildman–Crippen LogP) is 0.433. The third-order valence-corrected chi connectivity index (χ3v) is 3.44. The number of rotatable bonds is 9. The van der Waals surface area contributed by atoms with E-state index in [1.807, 2.05) is 0 Å². The maximum Gasteiger partial charge on any atom is 0.303 e. The Bertz CT molecular complexity index is 289. The van der Waals surface area contributed by atoms with Crippen LogP contribution in [0.15, 0.2) is 0 Å². The second-order valence-electron chi connectivity index (χ2n) is 5.29. The number of carboxylic acids is 1. The van der Waals surface area contributed by atoms with Crippen molar-refractivity contribution in [3.63, 3.8) is 0 Å². The molecular formula is C14H27N3O3. The lowest BCUT2D eigenvalue weighted by molar-refractivity contribution is -0.137. The minimum atomic E-state index is -0.731. The van der Waals surface area contributed by atoms with Gasteiger partial charge in [0.25, 0.3) is 0 Å². The lowest BCUT2D eigenvalue weighted by atomic mass is 10.1. The molecule has 1 fully saturated rings. The van der Waals surface area contributed by atoms with Crippen LogP contribution >= 0.6 is 0 Å². The molecule has 3 N–H and O–H groups in total. The van der Waals surface area contributed by atoms with Gasteiger partial charge in [-0.15, -0.1) is 0 Å². The van der Waals surface area contributed by atoms with Gasteiger partial charge in [0.1, 0.15) is 0 Å². The van der Waals surface area contributed by atoms with Crippen molar-refractivity contribution in [1.29, 1.82) is 0 Å². The first-order valence-corrected chi connectivity index (χ1v) is 7.60. The summed E-state index contributed by atoms with van der Waals surface area (Å²) in [5, 5.41) is 14.7. The first-order chi connectivity index (χ1) is 9.68. The van der Waals surface area contributed by atoms with Crippen LogP contribution in [0.5, 0.6) is 0 Å². The van der Waals surface area contributed by atoms with Gasteiger partial charge in [0, 0.05) is 26.1 Å². The van der Waals surface area contributed by atoms with Crippen molar-refractivity contribution < 1.29 is 14.7 Å². The predicted molar refractivity (Wildman–Crippen MR) is 77.7 cm³/mol. The average Bonchev–Trinajstić information content (AvgIpc) is 2.66. The van der Waals surface area contributed by atoms with Crippen molar-refractivity contribution in [3.8, 4) is 0 Å². The monoisotopic (exact) mass is 285 g/mol. The lowest BCUT2D eigenvalue weighted by Gasteiger charge is -2.18. The van der Waals surface area contributed by atoms with E-state index in [4.69, 9.17) is 5.11 Å². The molecule has 1 rings (SSSR count). The van der Waals surface area contributed by atoms with Gasteiger partial charge in [0.2, 0.25) is 5.91 Å². The van der Waals surface area contributed by atoms with Crippen LogP contribution in [-0.2, 0) is 9.59 Å². The molecule has 0 aliphatic carbocycles. The van der Waals surface area contributed by atoms with Crippen LogP contribution in [0.25, 0.3) is 0 Å². The van der Waals surface area contributed by atoms with Crippen molar-refractivity contribution >= 4 is 11.9 Å². The van der Waals surface area contributed by atoms with Crippen molar-refractivity contribution in [2.45, 2.75) is 38.5 Å². The highest BCUT2D eigenvalue weighted by Gasteiger charge is 2.11. The van der Waals surface area contributed by atoms with Gasteiger partial charge in [-0.05, 0) is 32.4 Å². The van der Waals surface area contributed by atoms with Crippen LogP contribution in [-0.4, -0.2) is 61.2 Å². The highest BCUT2D eigenvalue weighted by atomic mass is 16.4. The number of hydrogen-bond acceptors (Lipinski definition) is 4. The second kappa shape index (κ2) is 10.6. The molecule has 0 aromatic carbocycles. The molecule has 1 amide bonds. The maximum atomic E-state index is 11.8. The molecule has 6 heteroatoms. The van der Waals surface area contributed by atoms with E-state index in [0.717, 1.165) is 58.3 Å². The molecule has 0 unspecified atom stereocenters. The van der Waals surface area contributed by atoms with Gasteiger partial charge in [-0.1, -0.05) is 12.8 Å². The number of nitrogens with zero attached hydrogens (tertiary/aromatic N) is 1. The summed E-state index contributed by atoms with van der Waals surface area (Å²) >= 11 is 0. The normalized spacial score (nSPS) is 16.6. The van der Waals surface area contributed by atoms with E-state index < -0.39 is 5.97 Å². The Hall–Kier alpha value is -1.14. The van der Waals surface area contributed by atoms with Gasteiger partial charge in [0.15, 0.2) is 0 Å². The summed E-state index contributed by atoms with van der Waals surface area (Å²) in [4.78, 5) is 24.3. The highest BCUT2D eigenvalue weighted by Crippen LogP contribution is 2.02. The minimum Gasteiger partial charge on any atom is -0.481 e. The fourth-order valence-corrected chi connectivity index (χ4v) is 2.30. The van der Waals surface area contributed by atoms with Gasteiger partial charge in [-0.25, -0.2) is 0 Å². The summed E-state index contributed by atoms with van der Waals surface area (Å²) in [6.45, 7) is 5.09. The van der Waals surface area contributed by atoms with E-state index in [1.54, 1.807) is 0 Å². The smallest absolute Gasteiger partial charge is 0.303 e. The number of carbonyl (C=O) groups excluding carboxylic acids is 1. The summed E-state index contributed by atoms with van der Waals surface area (Å²) in [6, 6.07) is 0. The SMILES string of the molecule is O=C(O)CCCCCCNC(=O)CN1CCCNCC1. The largest absolute Gasteiger partial charge is 0.481 e. The zero-order valence-electron chi connectivity index (χ0n) is 12.2. The molecule has 0 aromatic heterocycles. The Labute approximate surface area is 120 Å². The molecule has 116 valence electrons. The quantitative estimate of drug-likeness (QED) is 0.535. The number of carboxylic acid groups (broad SMARTS) is 1. The van der Waals surface area contributed by atoms with E-state index in [1.165, 1.54) is 0 Å². The number of amides is 1. The summed E-state index contributed by atoms with van der Waals surface area (Å²) in [5.41, 5.74) is 0. The van der Waals surface area contributed by atoms with Crippen molar-refractivity contribution in [1.82, 2.24) is 15.5 Å². The Morgan fingerprint density at radius 1 is 1.10 bits per heavy atom. The van der Waals surface area contributed by atoms with Crippen LogP contribution in [0.3, 0.4) is 0 Å². The molecule has 0 saturated carbocycles. The van der Waals surface area contributed by atoms with E-state index in [-0.39, 0.29) is 12.3 Å². The lowest BCUT2D eigenvalue weighted by Crippen LogP contribution is -2.39. The molecule has 1 saturated heterocycles. The Balaban J connectivity index is 1.95. The number of nitrogens with one attached hydrogen (secondary N) is 2. The Morgan fingerprint density at radius 3 is 2.70 bits per heavy atom. The summed E-state index contributed by atoms with van der Waals surface area (Å²) in [5.74, 6) is -0.636. The van der Waals surface area contributed by atoms with Crippen molar-refractivity contribution in [2.24, 2.45) is 0 Å². The third-order valence-electron chi connectivity index (χ3n) is 3.44. The van der Waals surface area contributed by atoms with Crippen LogP contribution in [0.4, 0.5) is 0 Å². The standard InChI is InChI=1S/C14H27N3O3/c18-13(12-17-10-5-7-15-9-11-17)16-8-4-2-1-3-6-14(19)20/h15H,1-12H2,(H,16,18)(H,19,20). The molecule has 0 bridgehead atoms. The van der Waals surface area contributed by atoms with E-state index in [2.05, 4.69) is 15.5 Å². The molecule has 0 atom stereocenters. The number of aliphatic carboxylic acids is 1. The molecule has 1 heterocycles. The molecule has 0 radical (unpaired) electrons. The first-order valence-electron chi connectivity index (χ1n) is 7.60. The van der Waals surface area contributed by atoms with Crippen molar-refractivity contribution in [3.05, 3.63) is 0 Å². The van der Waals surface area contributed by atoms with Gasteiger partial charge in [-0.3, -0.25) is 14.5 Å². The zero-order chi connectivity index (χ0) is 14.6. The zero-order valence-corrected chi connectivity index (χ0v) is 12.2. The topological polar surface area (TPSA) is 81.7 Å². The summed E-state index contributed by atoms with van der Waals surface area (Å²) in [7, 11) is 0. The van der Waals surface area contributed by atoms with Crippen LogP contribution in [0.1, 0.15) is 38.5 Å². The Morgan fingerprint density at radius 2 is 1.90 bits per heavy atom. The average molecular weight is 285 g/mol. The number of hydrogen-bond donors (Lipinski definition) is 3. The molecule has 6 nitrogen and oxygen atoms in total. The molecule has 1 aliphatic heterocycles. The fourth-order valence-electron chi connectivity index (χ4n) is 2.30. The maximum absolute atomic E-state index is 11.8. The van der Waals surface area contributed by atoms with Gasteiger partial charge in [0.05, 0.1) is 6.54 Å². The van der Waals surface area contributed by atoms with E-state index >= 15 is 0 Å². The minimum absolute atomic E-state index is 0.0948. The van der Waals surface area contributed by atoms with E-state index in [0.29, 0.717) is 13.1 Å². The third kappa shape index (κ3) is 8.87. The summed E-state index contributed by atoms with van der Waals surface area (Å²) < 4.78 is 0. The molecule has 20 heavy (non-hydrogen) atoms. The van der Waals surface area contributed by atoms with Crippen LogP contribution in [0.2, 0.25) is 0 Å². The summed E-state index contributed by atoms with van der Waals surface area (Å²) in [6.07, 6.45) is 4.88. The first kappa shape index (κ1) is 16.9. The van der Waals surface area contributed by atoms with E-state index in [9.17, 15) is 9.59 Å². The molecule has 1 aliphatic rings. The van der Waals surface area contributed by atoms with Crippen LogP contribution in [0, 0.1) is 0 Å². The molecule has 0 aromatic rings. The molecular weight excluding hydrogens is 258 g/mol. The van der Waals surface area contributed by atoms with Crippen molar-refractivity contribution in [2.75, 3.05) is 39.3 Å².